The highest BCUT2D eigenvalue weighted by Crippen LogP contribution is 2.26. The summed E-state index contributed by atoms with van der Waals surface area (Å²) < 4.78 is 11.5. The van der Waals surface area contributed by atoms with Crippen LogP contribution < -0.4 is 9.47 Å². The minimum Gasteiger partial charge on any atom is -0.494 e. The Kier molecular flexibility index (Phi) is 8.88. The number of amides is 1. The lowest BCUT2D eigenvalue weighted by Crippen LogP contribution is -2.48. The topological polar surface area (TPSA) is 79.3 Å². The average molecular weight is 501 g/mol. The molecular weight excluding hydrogens is 468 g/mol. The fourth-order valence-corrected chi connectivity index (χ4v) is 5.11. The minimum atomic E-state index is -1.04. The van der Waals surface area contributed by atoms with Gasteiger partial charge in [0.1, 0.15) is 11.5 Å². The predicted octanol–water partition coefficient (Wildman–Crippen LogP) is 4.40. The molecular formula is C27H33ClN2O5. The molecule has 1 saturated heterocycles. The summed E-state index contributed by atoms with van der Waals surface area (Å²) in [6, 6.07) is 13.6. The van der Waals surface area contributed by atoms with Crippen LogP contribution in [-0.4, -0.2) is 65.7 Å². The number of hydrogen-bond donors (Lipinski definition) is 1. The molecule has 2 aromatic rings. The fraction of sp³-hybridized carbons (Fsp3) is 0.481. The number of fused-ring (bicyclic) bond motifs is 3. The number of ether oxygens (including phenoxy) is 2. The molecule has 2 heterocycles. The summed E-state index contributed by atoms with van der Waals surface area (Å²) in [5, 5.41) is 9.57. The van der Waals surface area contributed by atoms with E-state index in [1.165, 1.54) is 5.56 Å². The van der Waals surface area contributed by atoms with E-state index in [2.05, 4.69) is 21.9 Å². The molecule has 1 fully saturated rings. The maximum Gasteiger partial charge on any atom is 0.341 e. The number of hydrogen-bond acceptors (Lipinski definition) is 5. The molecule has 0 aromatic heterocycles. The van der Waals surface area contributed by atoms with E-state index >= 15 is 0 Å². The first-order valence-electron chi connectivity index (χ1n) is 12.3. The van der Waals surface area contributed by atoms with Crippen LogP contribution in [0.4, 0.5) is 0 Å². The highest BCUT2D eigenvalue weighted by molar-refractivity contribution is 6.30. The number of piperidine rings is 1. The van der Waals surface area contributed by atoms with Crippen LogP contribution in [0.1, 0.15) is 43.2 Å². The number of rotatable bonds is 5. The highest BCUT2D eigenvalue weighted by Gasteiger charge is 2.28. The Labute approximate surface area is 211 Å². The number of aryl methyl sites for hydroxylation is 1. The standard InChI is InChI=1S/C27H33ClN2O5/c28-22-9-11-25(35-19-27(32)33)21(16-22)17-29-12-4-14-34-24-7-3-5-20(15-24)8-10-23-6-1-2-13-30(23)26(31)18-29/h3,5,7,9,11,15-16,23H,1-2,4,6,8,10,12-14,17-19H2,(H,32,33). The second-order valence-electron chi connectivity index (χ2n) is 9.27. The van der Waals surface area contributed by atoms with Crippen LogP contribution in [0.25, 0.3) is 0 Å². The molecule has 0 saturated carbocycles. The predicted molar refractivity (Wildman–Crippen MR) is 134 cm³/mol. The van der Waals surface area contributed by atoms with Gasteiger partial charge in [0.2, 0.25) is 5.91 Å². The normalized spacial score (nSPS) is 19.9. The van der Waals surface area contributed by atoms with Crippen molar-refractivity contribution in [3.63, 3.8) is 0 Å². The van der Waals surface area contributed by atoms with Gasteiger partial charge >= 0.3 is 5.97 Å². The molecule has 1 N–H and O–H groups in total. The fourth-order valence-electron chi connectivity index (χ4n) is 4.92. The molecule has 8 heteroatoms. The van der Waals surface area contributed by atoms with Gasteiger partial charge in [0.25, 0.3) is 0 Å². The van der Waals surface area contributed by atoms with Crippen molar-refractivity contribution in [3.8, 4) is 11.5 Å². The van der Waals surface area contributed by atoms with Gasteiger partial charge in [0, 0.05) is 36.3 Å². The monoisotopic (exact) mass is 500 g/mol. The zero-order valence-corrected chi connectivity index (χ0v) is 20.7. The summed E-state index contributed by atoms with van der Waals surface area (Å²) in [7, 11) is 0. The van der Waals surface area contributed by atoms with Crippen molar-refractivity contribution < 1.29 is 24.2 Å². The zero-order chi connectivity index (χ0) is 24.6. The Morgan fingerprint density at radius 3 is 2.86 bits per heavy atom. The largest absolute Gasteiger partial charge is 0.494 e. The number of nitrogens with zero attached hydrogens (tertiary/aromatic N) is 2. The second kappa shape index (κ2) is 12.3. The third kappa shape index (κ3) is 7.36. The number of carboxylic acid groups (broad SMARTS) is 1. The van der Waals surface area contributed by atoms with Crippen LogP contribution in [0.3, 0.4) is 0 Å². The first kappa shape index (κ1) is 25.3. The lowest BCUT2D eigenvalue weighted by molar-refractivity contribution is -0.139. The van der Waals surface area contributed by atoms with E-state index in [1.54, 1.807) is 18.2 Å². The Bertz CT molecular complexity index is 1030. The smallest absolute Gasteiger partial charge is 0.341 e. The number of halogens is 1. The molecule has 188 valence electrons. The van der Waals surface area contributed by atoms with E-state index in [-0.39, 0.29) is 18.5 Å². The van der Waals surface area contributed by atoms with Crippen LogP contribution in [0, 0.1) is 0 Å². The van der Waals surface area contributed by atoms with Gasteiger partial charge in [0.05, 0.1) is 13.2 Å². The molecule has 0 spiro atoms. The van der Waals surface area contributed by atoms with E-state index < -0.39 is 12.6 Å². The van der Waals surface area contributed by atoms with Gasteiger partial charge in [-0.3, -0.25) is 9.69 Å². The highest BCUT2D eigenvalue weighted by atomic mass is 35.5. The third-order valence-electron chi connectivity index (χ3n) is 6.63. The van der Waals surface area contributed by atoms with Crippen molar-refractivity contribution in [2.75, 3.05) is 32.8 Å². The molecule has 0 aliphatic carbocycles. The molecule has 35 heavy (non-hydrogen) atoms. The summed E-state index contributed by atoms with van der Waals surface area (Å²) in [5.74, 6) is 0.433. The van der Waals surface area contributed by atoms with Crippen LogP contribution in [0.5, 0.6) is 11.5 Å². The molecule has 1 atom stereocenters. The average Bonchev–Trinajstić information content (AvgIpc) is 2.84. The van der Waals surface area contributed by atoms with Gasteiger partial charge in [-0.05, 0) is 74.4 Å². The van der Waals surface area contributed by atoms with Crippen LogP contribution in [0.15, 0.2) is 42.5 Å². The Morgan fingerprint density at radius 2 is 2.00 bits per heavy atom. The molecule has 2 aliphatic rings. The molecule has 2 aromatic carbocycles. The number of aliphatic carboxylic acids is 1. The number of benzene rings is 2. The Morgan fingerprint density at radius 1 is 1.11 bits per heavy atom. The lowest BCUT2D eigenvalue weighted by Gasteiger charge is -2.37. The van der Waals surface area contributed by atoms with Gasteiger partial charge < -0.3 is 19.5 Å². The van der Waals surface area contributed by atoms with Crippen LogP contribution >= 0.6 is 11.6 Å². The second-order valence-corrected chi connectivity index (χ2v) is 9.71. The first-order chi connectivity index (χ1) is 17.0. The number of carbonyl (C=O) groups excluding carboxylic acids is 1. The summed E-state index contributed by atoms with van der Waals surface area (Å²) in [6.07, 6.45) is 5.82. The Hall–Kier alpha value is -2.77. The molecule has 1 unspecified atom stereocenters. The quantitative estimate of drug-likeness (QED) is 0.655. The van der Waals surface area contributed by atoms with Gasteiger partial charge in [0.15, 0.2) is 6.61 Å². The minimum absolute atomic E-state index is 0.136. The van der Waals surface area contributed by atoms with E-state index in [4.69, 9.17) is 26.2 Å². The van der Waals surface area contributed by atoms with Crippen molar-refractivity contribution in [3.05, 3.63) is 58.6 Å². The lowest BCUT2D eigenvalue weighted by atomic mass is 9.95. The zero-order valence-electron chi connectivity index (χ0n) is 20.0. The Balaban J connectivity index is 1.54. The number of carboxylic acids is 1. The molecule has 2 aliphatic heterocycles. The summed E-state index contributed by atoms with van der Waals surface area (Å²) >= 11 is 6.24. The van der Waals surface area contributed by atoms with E-state index in [0.717, 1.165) is 56.4 Å². The van der Waals surface area contributed by atoms with Crippen molar-refractivity contribution >= 4 is 23.5 Å². The van der Waals surface area contributed by atoms with Crippen molar-refractivity contribution in [2.24, 2.45) is 0 Å². The van der Waals surface area contributed by atoms with Crippen molar-refractivity contribution in [1.82, 2.24) is 9.80 Å². The molecule has 4 rings (SSSR count). The van der Waals surface area contributed by atoms with Gasteiger partial charge in [-0.2, -0.15) is 0 Å². The van der Waals surface area contributed by atoms with E-state index in [1.807, 2.05) is 12.1 Å². The summed E-state index contributed by atoms with van der Waals surface area (Å²) in [5.41, 5.74) is 2.01. The van der Waals surface area contributed by atoms with Gasteiger partial charge in [-0.25, -0.2) is 4.79 Å². The van der Waals surface area contributed by atoms with Gasteiger partial charge in [-0.1, -0.05) is 23.7 Å². The van der Waals surface area contributed by atoms with Crippen LogP contribution in [0.2, 0.25) is 5.02 Å². The molecule has 1 amide bonds. The molecule has 2 bridgehead atoms. The number of carbonyl (C=O) groups is 2. The SMILES string of the molecule is O=C(O)COc1ccc(Cl)cc1CN1CCCOc2cccc(c2)CCC2CCCCN2C(=O)C1. The molecule has 0 radical (unpaired) electrons. The maximum atomic E-state index is 13.5. The summed E-state index contributed by atoms with van der Waals surface area (Å²) in [6.45, 7) is 2.26. The maximum absolute atomic E-state index is 13.5. The van der Waals surface area contributed by atoms with E-state index in [9.17, 15) is 9.59 Å². The van der Waals surface area contributed by atoms with Crippen molar-refractivity contribution in [2.45, 2.75) is 51.1 Å². The van der Waals surface area contributed by atoms with Gasteiger partial charge in [-0.15, -0.1) is 0 Å². The van der Waals surface area contributed by atoms with Crippen LogP contribution in [-0.2, 0) is 22.6 Å². The van der Waals surface area contributed by atoms with E-state index in [0.29, 0.717) is 30.5 Å². The summed E-state index contributed by atoms with van der Waals surface area (Å²) in [4.78, 5) is 28.7. The third-order valence-corrected chi connectivity index (χ3v) is 6.86. The molecule has 7 nitrogen and oxygen atoms in total. The van der Waals surface area contributed by atoms with Crippen molar-refractivity contribution in [1.29, 1.82) is 0 Å². The first-order valence-corrected chi connectivity index (χ1v) is 12.7.